The summed E-state index contributed by atoms with van der Waals surface area (Å²) < 4.78 is 39.5. The number of carbonyl (C=O) groups excluding carboxylic acids is 1. The molecule has 0 spiro atoms. The van der Waals surface area contributed by atoms with Crippen LogP contribution in [0, 0.1) is 6.92 Å². The van der Waals surface area contributed by atoms with Gasteiger partial charge in [-0.25, -0.2) is 0 Å². The van der Waals surface area contributed by atoms with E-state index in [1.165, 1.54) is 0 Å². The Kier molecular flexibility index (Phi) is 4.55. The van der Waals surface area contributed by atoms with Crippen LogP contribution in [0.3, 0.4) is 0 Å². The number of nitrogens with one attached hydrogen (secondary N) is 1. The van der Waals surface area contributed by atoms with Crippen molar-refractivity contribution in [2.24, 2.45) is 0 Å². The lowest BCUT2D eigenvalue weighted by molar-refractivity contribution is -0.174. The highest BCUT2D eigenvalue weighted by Crippen LogP contribution is 2.19. The molecule has 0 aliphatic carbocycles. The molecule has 1 aromatic carbocycles. The summed E-state index contributed by atoms with van der Waals surface area (Å²) in [5, 5.41) is 2.38. The minimum atomic E-state index is -4.44. The summed E-state index contributed by atoms with van der Waals surface area (Å²) in [7, 11) is 0. The summed E-state index contributed by atoms with van der Waals surface area (Å²) >= 11 is 0. The number of hydrogen-bond donors (Lipinski definition) is 2. The van der Waals surface area contributed by atoms with Gasteiger partial charge in [-0.15, -0.1) is 0 Å². The molecular weight excluding hydrogens is 249 g/mol. The zero-order valence-corrected chi connectivity index (χ0v) is 9.67. The third kappa shape index (κ3) is 5.05. The molecule has 0 atom stereocenters. The largest absolute Gasteiger partial charge is 0.411 e. The number of rotatable bonds is 4. The van der Waals surface area contributed by atoms with Crippen LogP contribution >= 0.6 is 0 Å². The predicted octanol–water partition coefficient (Wildman–Crippen LogP) is 2.09. The van der Waals surface area contributed by atoms with Crippen LogP contribution in [0.2, 0.25) is 0 Å². The van der Waals surface area contributed by atoms with Crippen LogP contribution in [0.1, 0.15) is 5.56 Å². The minimum absolute atomic E-state index is 0.338. The molecule has 0 radical (unpaired) electrons. The third-order valence-corrected chi connectivity index (χ3v) is 1.98. The number of benzene rings is 1. The molecule has 0 aromatic heterocycles. The van der Waals surface area contributed by atoms with Gasteiger partial charge in [0.15, 0.2) is 0 Å². The standard InChI is InChI=1S/C11H13F3N2O2/c1-7-2-3-8(15)9(4-7)16-10(17)5-18-6-11(12,13)14/h2-4H,5-6,15H2,1H3,(H,16,17). The highest BCUT2D eigenvalue weighted by Gasteiger charge is 2.27. The Morgan fingerprint density at radius 2 is 2.11 bits per heavy atom. The molecule has 0 unspecified atom stereocenters. The number of anilines is 2. The molecular formula is C11H13F3N2O2. The number of aryl methyl sites for hydroxylation is 1. The van der Waals surface area contributed by atoms with E-state index in [1.807, 2.05) is 0 Å². The molecule has 0 saturated carbocycles. The molecule has 0 aliphatic rings. The Labute approximate surface area is 102 Å². The van der Waals surface area contributed by atoms with E-state index in [1.54, 1.807) is 25.1 Å². The fourth-order valence-electron chi connectivity index (χ4n) is 1.22. The van der Waals surface area contributed by atoms with E-state index in [-0.39, 0.29) is 0 Å². The fourth-order valence-corrected chi connectivity index (χ4v) is 1.22. The van der Waals surface area contributed by atoms with E-state index in [2.05, 4.69) is 10.1 Å². The number of carbonyl (C=O) groups is 1. The Hall–Kier alpha value is -1.76. The van der Waals surface area contributed by atoms with Gasteiger partial charge >= 0.3 is 6.18 Å². The van der Waals surface area contributed by atoms with Crippen molar-refractivity contribution in [2.45, 2.75) is 13.1 Å². The second kappa shape index (κ2) is 5.72. The van der Waals surface area contributed by atoms with Gasteiger partial charge in [0.05, 0.1) is 11.4 Å². The van der Waals surface area contributed by atoms with Crippen molar-refractivity contribution < 1.29 is 22.7 Å². The average Bonchev–Trinajstić information content (AvgIpc) is 2.21. The van der Waals surface area contributed by atoms with Crippen molar-refractivity contribution in [2.75, 3.05) is 24.3 Å². The molecule has 7 heteroatoms. The highest BCUT2D eigenvalue weighted by molar-refractivity contribution is 5.94. The van der Waals surface area contributed by atoms with E-state index in [4.69, 9.17) is 5.73 Å². The zero-order valence-electron chi connectivity index (χ0n) is 9.67. The molecule has 0 bridgehead atoms. The number of alkyl halides is 3. The third-order valence-electron chi connectivity index (χ3n) is 1.98. The van der Waals surface area contributed by atoms with Gasteiger partial charge < -0.3 is 15.8 Å². The second-order valence-electron chi connectivity index (χ2n) is 3.75. The van der Waals surface area contributed by atoms with E-state index in [9.17, 15) is 18.0 Å². The first-order valence-corrected chi connectivity index (χ1v) is 5.08. The van der Waals surface area contributed by atoms with E-state index in [0.29, 0.717) is 11.4 Å². The maximum absolute atomic E-state index is 11.8. The first kappa shape index (κ1) is 14.3. The Morgan fingerprint density at radius 3 is 2.72 bits per heavy atom. The first-order valence-electron chi connectivity index (χ1n) is 5.08. The molecule has 1 amide bonds. The van der Waals surface area contributed by atoms with Crippen LogP contribution < -0.4 is 11.1 Å². The monoisotopic (exact) mass is 262 g/mol. The van der Waals surface area contributed by atoms with Gasteiger partial charge in [-0.05, 0) is 24.6 Å². The van der Waals surface area contributed by atoms with Crippen LogP contribution in [-0.4, -0.2) is 25.3 Å². The van der Waals surface area contributed by atoms with Crippen molar-refractivity contribution in [3.8, 4) is 0 Å². The molecule has 0 heterocycles. The normalized spacial score (nSPS) is 11.3. The molecule has 0 aliphatic heterocycles. The molecule has 100 valence electrons. The molecule has 0 fully saturated rings. The van der Waals surface area contributed by atoms with Gasteiger partial charge in [0.1, 0.15) is 13.2 Å². The zero-order chi connectivity index (χ0) is 13.8. The summed E-state index contributed by atoms with van der Waals surface area (Å²) in [6.45, 7) is -0.328. The van der Waals surface area contributed by atoms with Crippen molar-refractivity contribution in [3.05, 3.63) is 23.8 Å². The minimum Gasteiger partial charge on any atom is -0.397 e. The van der Waals surface area contributed by atoms with E-state index < -0.39 is 25.3 Å². The molecule has 0 saturated heterocycles. The quantitative estimate of drug-likeness (QED) is 0.817. The fraction of sp³-hybridized carbons (Fsp3) is 0.364. The molecule has 3 N–H and O–H groups in total. The highest BCUT2D eigenvalue weighted by atomic mass is 19.4. The Morgan fingerprint density at radius 1 is 1.44 bits per heavy atom. The lowest BCUT2D eigenvalue weighted by Crippen LogP contribution is -2.24. The number of halogens is 3. The summed E-state index contributed by atoms with van der Waals surface area (Å²) in [6.07, 6.45) is -4.44. The second-order valence-corrected chi connectivity index (χ2v) is 3.75. The lowest BCUT2D eigenvalue weighted by Gasteiger charge is -2.10. The van der Waals surface area contributed by atoms with Crippen LogP contribution in [0.15, 0.2) is 18.2 Å². The summed E-state index contributed by atoms with van der Waals surface area (Å²) in [5.41, 5.74) is 7.17. The van der Waals surface area contributed by atoms with Gasteiger partial charge in [-0.3, -0.25) is 4.79 Å². The smallest absolute Gasteiger partial charge is 0.397 e. The van der Waals surface area contributed by atoms with Crippen LogP contribution in [0.25, 0.3) is 0 Å². The number of nitrogens with two attached hydrogens (primary N) is 1. The van der Waals surface area contributed by atoms with Crippen molar-refractivity contribution in [3.63, 3.8) is 0 Å². The topological polar surface area (TPSA) is 64.3 Å². The Bertz CT molecular complexity index is 433. The Balaban J connectivity index is 2.47. The van der Waals surface area contributed by atoms with Crippen LogP contribution in [0.4, 0.5) is 24.5 Å². The van der Waals surface area contributed by atoms with Crippen LogP contribution in [0.5, 0.6) is 0 Å². The number of nitrogen functional groups attached to an aromatic ring is 1. The summed E-state index contributed by atoms with van der Waals surface area (Å²) in [4.78, 5) is 11.3. The summed E-state index contributed by atoms with van der Waals surface area (Å²) in [5.74, 6) is -0.684. The van der Waals surface area contributed by atoms with Crippen LogP contribution in [-0.2, 0) is 9.53 Å². The van der Waals surface area contributed by atoms with Crippen molar-refractivity contribution in [1.82, 2.24) is 0 Å². The van der Waals surface area contributed by atoms with Crippen molar-refractivity contribution in [1.29, 1.82) is 0 Å². The molecule has 1 rings (SSSR count). The number of ether oxygens (including phenoxy) is 1. The van der Waals surface area contributed by atoms with Gasteiger partial charge in [0.25, 0.3) is 0 Å². The number of hydrogen-bond acceptors (Lipinski definition) is 3. The predicted molar refractivity (Wildman–Crippen MR) is 61.1 cm³/mol. The summed E-state index contributed by atoms with van der Waals surface area (Å²) in [6, 6.07) is 4.98. The molecule has 4 nitrogen and oxygen atoms in total. The lowest BCUT2D eigenvalue weighted by atomic mass is 10.2. The van der Waals surface area contributed by atoms with Crippen molar-refractivity contribution >= 4 is 17.3 Å². The van der Waals surface area contributed by atoms with Gasteiger partial charge in [-0.2, -0.15) is 13.2 Å². The SMILES string of the molecule is Cc1ccc(N)c(NC(=O)COCC(F)(F)F)c1. The average molecular weight is 262 g/mol. The van der Waals surface area contributed by atoms with E-state index in [0.717, 1.165) is 5.56 Å². The maximum Gasteiger partial charge on any atom is 0.411 e. The van der Waals surface area contributed by atoms with Gasteiger partial charge in [0.2, 0.25) is 5.91 Å². The maximum atomic E-state index is 11.8. The number of amides is 1. The molecule has 18 heavy (non-hydrogen) atoms. The van der Waals surface area contributed by atoms with Gasteiger partial charge in [-0.1, -0.05) is 6.07 Å². The molecule has 1 aromatic rings. The first-order chi connectivity index (χ1) is 8.28. The van der Waals surface area contributed by atoms with E-state index >= 15 is 0 Å². The van der Waals surface area contributed by atoms with Gasteiger partial charge in [0, 0.05) is 0 Å².